The second-order valence-electron chi connectivity index (χ2n) is 9.14. The van der Waals surface area contributed by atoms with E-state index in [-0.39, 0.29) is 0 Å². The summed E-state index contributed by atoms with van der Waals surface area (Å²) in [6.07, 6.45) is 9.58. The Morgan fingerprint density at radius 2 is 1.03 bits per heavy atom. The molecule has 0 amide bonds. The van der Waals surface area contributed by atoms with Gasteiger partial charge in [0.15, 0.2) is 0 Å². The topological polar surface area (TPSA) is 102 Å². The lowest BCUT2D eigenvalue weighted by Crippen LogP contribution is -2.29. The van der Waals surface area contributed by atoms with Gasteiger partial charge in [-0.1, -0.05) is 86.6 Å². The van der Waals surface area contributed by atoms with Crippen LogP contribution in [0.2, 0.25) is 0 Å². The molecule has 7 nitrogen and oxygen atoms in total. The number of imidazole rings is 2. The fourth-order valence-electron chi connectivity index (χ4n) is 3.89. The van der Waals surface area contributed by atoms with E-state index in [2.05, 4.69) is 48.1 Å². The van der Waals surface area contributed by atoms with E-state index in [1.54, 1.807) is 18.3 Å². The predicted molar refractivity (Wildman–Crippen MR) is 160 cm³/mol. The highest BCUT2D eigenvalue weighted by molar-refractivity contribution is 6.58. The summed E-state index contributed by atoms with van der Waals surface area (Å²) in [5, 5.41) is 17.5. The molecule has 0 aliphatic carbocycles. The predicted octanol–water partition coefficient (Wildman–Crippen LogP) is 4.12. The van der Waals surface area contributed by atoms with Crippen LogP contribution in [0, 0.1) is 0 Å². The molecule has 3 aromatic carbocycles. The van der Waals surface area contributed by atoms with Crippen molar-refractivity contribution in [3.8, 4) is 22.8 Å². The highest BCUT2D eigenvalue weighted by atomic mass is 16.4. The lowest BCUT2D eigenvalue weighted by Gasteiger charge is -2.02. The first-order valence-corrected chi connectivity index (χ1v) is 13.1. The number of hydrogen-bond acceptors (Lipinski definition) is 5. The van der Waals surface area contributed by atoms with Gasteiger partial charge in [-0.25, -0.2) is 9.97 Å². The first-order valence-electron chi connectivity index (χ1n) is 13.1. The van der Waals surface area contributed by atoms with Crippen molar-refractivity contribution >= 4 is 12.6 Å². The van der Waals surface area contributed by atoms with Gasteiger partial charge in [-0.2, -0.15) is 0 Å². The van der Waals surface area contributed by atoms with Crippen molar-refractivity contribution < 1.29 is 10.0 Å². The first kappa shape index (κ1) is 29.6. The summed E-state index contributed by atoms with van der Waals surface area (Å²) in [5.41, 5.74) is 12.1. The van der Waals surface area contributed by atoms with Gasteiger partial charge in [0.2, 0.25) is 0 Å². The van der Waals surface area contributed by atoms with E-state index in [1.807, 2.05) is 78.2 Å². The Bertz CT molecular complexity index is 1310. The molecule has 0 unspecified atom stereocenters. The van der Waals surface area contributed by atoms with E-state index in [0.717, 1.165) is 35.6 Å². The van der Waals surface area contributed by atoms with Gasteiger partial charge in [-0.05, 0) is 35.0 Å². The van der Waals surface area contributed by atoms with E-state index in [9.17, 15) is 0 Å². The lowest BCUT2D eigenvalue weighted by molar-refractivity contribution is 0.426. The molecule has 39 heavy (non-hydrogen) atoms. The van der Waals surface area contributed by atoms with E-state index >= 15 is 0 Å². The number of rotatable bonds is 6. The number of benzene rings is 3. The zero-order chi connectivity index (χ0) is 28.2. The smallest absolute Gasteiger partial charge is 0.423 e. The van der Waals surface area contributed by atoms with Gasteiger partial charge in [0, 0.05) is 56.6 Å². The molecule has 0 fully saturated rings. The number of aryl methyl sites for hydroxylation is 4. The maximum atomic E-state index is 8.74. The van der Waals surface area contributed by atoms with Crippen LogP contribution in [0.15, 0.2) is 97.6 Å². The van der Waals surface area contributed by atoms with Crippen LogP contribution in [0.25, 0.3) is 22.8 Å². The molecule has 5 rings (SSSR count). The molecule has 0 saturated heterocycles. The Morgan fingerprint density at radius 3 is 1.33 bits per heavy atom. The molecule has 2 heterocycles. The lowest BCUT2D eigenvalue weighted by atomic mass is 9.80. The fraction of sp³-hybridized carbons (Fsp3) is 0.226. The minimum Gasteiger partial charge on any atom is -0.423 e. The molecule has 0 aliphatic rings. The SMILES string of the molecule is CCc1ccc(-c2nccn2C)cc1.CCc1ccc(B(O)O)cc1.Cn1ccnc1-c1ccc(CN)cc1. The van der Waals surface area contributed by atoms with Crippen LogP contribution >= 0.6 is 0 Å². The van der Waals surface area contributed by atoms with Gasteiger partial charge in [0.1, 0.15) is 11.6 Å². The molecular formula is C31H38BN5O2. The average molecular weight is 523 g/mol. The summed E-state index contributed by atoms with van der Waals surface area (Å²) in [6.45, 7) is 4.81. The molecule has 0 spiro atoms. The standard InChI is InChI=1S/C12H14N2.C11H13N3.C8H11BO2/c1-3-10-4-6-11(7-5-10)12-13-8-9-14(12)2;1-14-7-6-13-11(14)10-4-2-9(8-12)3-5-10;1-2-7-3-5-8(6-4-7)9(10)11/h4-9H,3H2,1-2H3;2-7H,8,12H2,1H3;3-6,10-11H,2H2,1H3. The number of hydrogen-bond donors (Lipinski definition) is 3. The number of nitrogens with two attached hydrogens (primary N) is 1. The van der Waals surface area contributed by atoms with Gasteiger partial charge in [0.25, 0.3) is 0 Å². The third-order valence-corrected chi connectivity index (χ3v) is 6.40. The maximum absolute atomic E-state index is 8.74. The summed E-state index contributed by atoms with van der Waals surface area (Å²) >= 11 is 0. The van der Waals surface area contributed by atoms with Crippen LogP contribution in [0.5, 0.6) is 0 Å². The third kappa shape index (κ3) is 8.51. The van der Waals surface area contributed by atoms with E-state index in [1.165, 1.54) is 16.7 Å². The van der Waals surface area contributed by atoms with E-state index in [0.29, 0.717) is 12.0 Å². The zero-order valence-electron chi connectivity index (χ0n) is 23.2. The minimum absolute atomic E-state index is 0.544. The highest BCUT2D eigenvalue weighted by Crippen LogP contribution is 2.18. The summed E-state index contributed by atoms with van der Waals surface area (Å²) in [5.74, 6) is 2.00. The molecule has 202 valence electrons. The Kier molecular flexibility index (Phi) is 11.2. The second-order valence-corrected chi connectivity index (χ2v) is 9.14. The molecule has 0 radical (unpaired) electrons. The van der Waals surface area contributed by atoms with Gasteiger partial charge in [0.05, 0.1) is 0 Å². The maximum Gasteiger partial charge on any atom is 0.488 e. The van der Waals surface area contributed by atoms with Crippen LogP contribution in [-0.2, 0) is 33.5 Å². The Labute approximate surface area is 231 Å². The molecule has 0 saturated carbocycles. The molecule has 0 bridgehead atoms. The fourth-order valence-corrected chi connectivity index (χ4v) is 3.89. The summed E-state index contributed by atoms with van der Waals surface area (Å²) in [4.78, 5) is 8.58. The van der Waals surface area contributed by atoms with Crippen molar-refractivity contribution in [2.75, 3.05) is 0 Å². The van der Waals surface area contributed by atoms with Gasteiger partial charge in [-0.15, -0.1) is 0 Å². The Morgan fingerprint density at radius 1 is 0.641 bits per heavy atom. The molecule has 5 aromatic rings. The molecule has 0 atom stereocenters. The molecule has 2 aromatic heterocycles. The van der Waals surface area contributed by atoms with E-state index < -0.39 is 7.12 Å². The van der Waals surface area contributed by atoms with Crippen LogP contribution in [-0.4, -0.2) is 36.3 Å². The van der Waals surface area contributed by atoms with Crippen molar-refractivity contribution in [2.45, 2.75) is 33.2 Å². The summed E-state index contributed by atoms with van der Waals surface area (Å²) in [7, 11) is 2.65. The summed E-state index contributed by atoms with van der Waals surface area (Å²) < 4.78 is 4.03. The van der Waals surface area contributed by atoms with Gasteiger partial charge in [-0.3, -0.25) is 0 Å². The largest absolute Gasteiger partial charge is 0.488 e. The van der Waals surface area contributed by atoms with Crippen LogP contribution < -0.4 is 11.2 Å². The van der Waals surface area contributed by atoms with E-state index in [4.69, 9.17) is 15.8 Å². The molecule has 8 heteroatoms. The molecular weight excluding hydrogens is 485 g/mol. The van der Waals surface area contributed by atoms with Crippen LogP contribution in [0.3, 0.4) is 0 Å². The minimum atomic E-state index is -1.35. The van der Waals surface area contributed by atoms with Crippen molar-refractivity contribution in [1.82, 2.24) is 19.1 Å². The van der Waals surface area contributed by atoms with Crippen LogP contribution in [0.4, 0.5) is 0 Å². The second kappa shape index (κ2) is 14.8. The normalized spacial score (nSPS) is 10.2. The van der Waals surface area contributed by atoms with Crippen molar-refractivity contribution in [3.63, 3.8) is 0 Å². The van der Waals surface area contributed by atoms with Gasteiger partial charge >= 0.3 is 7.12 Å². The number of nitrogens with zero attached hydrogens (tertiary/aromatic N) is 4. The summed E-state index contributed by atoms with van der Waals surface area (Å²) in [6, 6.07) is 24.0. The number of aromatic nitrogens is 4. The monoisotopic (exact) mass is 523 g/mol. The van der Waals surface area contributed by atoms with Crippen molar-refractivity contribution in [2.24, 2.45) is 19.8 Å². The molecule has 4 N–H and O–H groups in total. The van der Waals surface area contributed by atoms with Crippen molar-refractivity contribution in [1.29, 1.82) is 0 Å². The zero-order valence-corrected chi connectivity index (χ0v) is 23.2. The Balaban J connectivity index is 0.000000163. The molecule has 0 aliphatic heterocycles. The van der Waals surface area contributed by atoms with Crippen LogP contribution in [0.1, 0.15) is 30.5 Å². The quantitative estimate of drug-likeness (QED) is 0.291. The van der Waals surface area contributed by atoms with Crippen molar-refractivity contribution in [3.05, 3.63) is 114 Å². The first-order chi connectivity index (χ1) is 18.9. The van der Waals surface area contributed by atoms with Gasteiger partial charge < -0.3 is 24.9 Å². The highest BCUT2D eigenvalue weighted by Gasteiger charge is 2.09. The third-order valence-electron chi connectivity index (χ3n) is 6.40. The Hall–Kier alpha value is -3.98. The average Bonchev–Trinajstić information content (AvgIpc) is 3.61.